The number of sulfonamides is 1. The summed E-state index contributed by atoms with van der Waals surface area (Å²) in [4.78, 5) is 2.39. The summed E-state index contributed by atoms with van der Waals surface area (Å²) < 4.78 is 26.9. The zero-order chi connectivity index (χ0) is 14.0. The van der Waals surface area contributed by atoms with E-state index < -0.39 is 10.0 Å². The molecule has 3 N–H and O–H groups in total. The van der Waals surface area contributed by atoms with Gasteiger partial charge in [0.25, 0.3) is 0 Å². The minimum Gasteiger partial charge on any atom is -0.369 e. The summed E-state index contributed by atoms with van der Waals surface area (Å²) in [6, 6.07) is 7.17. The van der Waals surface area contributed by atoms with Crippen LogP contribution in [0, 0.1) is 5.92 Å². The van der Waals surface area contributed by atoms with E-state index in [1.54, 1.807) is 19.1 Å². The van der Waals surface area contributed by atoms with E-state index in [4.69, 9.17) is 5.73 Å². The summed E-state index contributed by atoms with van der Waals surface area (Å²) in [5.41, 5.74) is 6.76. The molecule has 1 aliphatic heterocycles. The Labute approximate surface area is 114 Å². The Morgan fingerprint density at radius 2 is 2.05 bits per heavy atom. The minimum atomic E-state index is -3.45. The number of hydrogen-bond acceptors (Lipinski definition) is 4. The van der Waals surface area contributed by atoms with E-state index >= 15 is 0 Å². The quantitative estimate of drug-likeness (QED) is 0.856. The van der Waals surface area contributed by atoms with Crippen molar-refractivity contribution in [2.75, 3.05) is 24.5 Å². The van der Waals surface area contributed by atoms with E-state index in [2.05, 4.69) is 16.5 Å². The maximum absolute atomic E-state index is 12.2. The van der Waals surface area contributed by atoms with Crippen molar-refractivity contribution in [3.63, 3.8) is 0 Å². The molecule has 0 spiro atoms. The zero-order valence-electron chi connectivity index (χ0n) is 11.3. The third kappa shape index (κ3) is 2.91. The highest BCUT2D eigenvalue weighted by Crippen LogP contribution is 2.29. The van der Waals surface area contributed by atoms with E-state index in [9.17, 15) is 8.42 Å². The molecule has 1 fully saturated rings. The van der Waals surface area contributed by atoms with Gasteiger partial charge in [0.1, 0.15) is 4.90 Å². The van der Waals surface area contributed by atoms with Crippen molar-refractivity contribution < 1.29 is 8.42 Å². The van der Waals surface area contributed by atoms with Crippen LogP contribution < -0.4 is 15.4 Å². The average Bonchev–Trinajstić information content (AvgIpc) is 2.69. The number of benzene rings is 1. The van der Waals surface area contributed by atoms with Crippen molar-refractivity contribution in [1.29, 1.82) is 0 Å². The molecular weight excluding hydrogens is 262 g/mol. The second kappa shape index (κ2) is 5.48. The molecule has 0 aliphatic carbocycles. The van der Waals surface area contributed by atoms with Crippen LogP contribution in [0.3, 0.4) is 0 Å². The van der Waals surface area contributed by atoms with E-state index in [1.165, 1.54) is 0 Å². The Kier molecular flexibility index (Phi) is 4.13. The summed E-state index contributed by atoms with van der Waals surface area (Å²) in [6.45, 7) is 5.73. The number of nitrogens with zero attached hydrogens (tertiary/aromatic N) is 1. The van der Waals surface area contributed by atoms with Crippen LogP contribution >= 0.6 is 0 Å². The minimum absolute atomic E-state index is 0.0925. The molecule has 0 radical (unpaired) electrons. The van der Waals surface area contributed by atoms with E-state index in [1.807, 2.05) is 12.1 Å². The van der Waals surface area contributed by atoms with Crippen LogP contribution in [0.25, 0.3) is 0 Å². The number of rotatable bonds is 4. The fourth-order valence-electron chi connectivity index (χ4n) is 2.40. The summed E-state index contributed by atoms with van der Waals surface area (Å²) >= 11 is 0. The highest BCUT2D eigenvalue weighted by atomic mass is 32.2. The van der Waals surface area contributed by atoms with Gasteiger partial charge in [0, 0.05) is 25.7 Å². The summed E-state index contributed by atoms with van der Waals surface area (Å²) in [5.74, 6) is 0.370. The van der Waals surface area contributed by atoms with Crippen LogP contribution in [-0.2, 0) is 10.0 Å². The largest absolute Gasteiger partial charge is 0.369 e. The molecule has 1 aromatic rings. The van der Waals surface area contributed by atoms with Gasteiger partial charge in [0.2, 0.25) is 10.0 Å². The molecule has 1 saturated heterocycles. The SMILES string of the molecule is CCNS(=O)(=O)c1ccccc1N1CC(C)C(N)C1. The Morgan fingerprint density at radius 1 is 1.37 bits per heavy atom. The second-order valence-corrected chi connectivity index (χ2v) is 6.75. The number of anilines is 1. The Hall–Kier alpha value is -1.11. The van der Waals surface area contributed by atoms with E-state index in [-0.39, 0.29) is 6.04 Å². The molecule has 1 heterocycles. The predicted octanol–water partition coefficient (Wildman–Crippen LogP) is 0.768. The van der Waals surface area contributed by atoms with Gasteiger partial charge in [-0.25, -0.2) is 13.1 Å². The van der Waals surface area contributed by atoms with Crippen LogP contribution in [-0.4, -0.2) is 34.1 Å². The fraction of sp³-hybridized carbons (Fsp3) is 0.538. The predicted molar refractivity (Wildman–Crippen MR) is 76.7 cm³/mol. The van der Waals surface area contributed by atoms with Gasteiger partial charge in [-0.05, 0) is 18.1 Å². The van der Waals surface area contributed by atoms with Gasteiger partial charge in [-0.15, -0.1) is 0 Å². The van der Waals surface area contributed by atoms with Crippen molar-refractivity contribution in [3.05, 3.63) is 24.3 Å². The third-order valence-electron chi connectivity index (χ3n) is 3.50. The van der Waals surface area contributed by atoms with Gasteiger partial charge in [-0.1, -0.05) is 26.0 Å². The fourth-order valence-corrected chi connectivity index (χ4v) is 3.67. The lowest BCUT2D eigenvalue weighted by atomic mass is 10.1. The van der Waals surface area contributed by atoms with Crippen LogP contribution in [0.15, 0.2) is 29.2 Å². The molecule has 6 heteroatoms. The van der Waals surface area contributed by atoms with Crippen molar-refractivity contribution in [2.45, 2.75) is 24.8 Å². The molecule has 2 unspecified atom stereocenters. The highest BCUT2D eigenvalue weighted by molar-refractivity contribution is 7.89. The topological polar surface area (TPSA) is 75.4 Å². The Bertz CT molecular complexity index is 535. The van der Waals surface area contributed by atoms with Gasteiger partial charge >= 0.3 is 0 Å². The molecule has 0 aromatic heterocycles. The standard InChI is InChI=1S/C13H21N3O2S/c1-3-15-19(17,18)13-7-5-4-6-12(13)16-8-10(2)11(14)9-16/h4-7,10-11,15H,3,8-9,14H2,1-2H3. The molecule has 0 amide bonds. The lowest BCUT2D eigenvalue weighted by molar-refractivity contribution is 0.566. The highest BCUT2D eigenvalue weighted by Gasteiger charge is 2.30. The molecule has 0 bridgehead atoms. The monoisotopic (exact) mass is 283 g/mol. The first-order valence-corrected chi connectivity index (χ1v) is 8.03. The van der Waals surface area contributed by atoms with Crippen LogP contribution in [0.2, 0.25) is 0 Å². The van der Waals surface area contributed by atoms with Gasteiger partial charge in [-0.3, -0.25) is 0 Å². The maximum atomic E-state index is 12.2. The molecule has 1 aromatic carbocycles. The van der Waals surface area contributed by atoms with Crippen molar-refractivity contribution in [2.24, 2.45) is 11.7 Å². The second-order valence-electron chi connectivity index (χ2n) is 5.02. The van der Waals surface area contributed by atoms with Gasteiger partial charge < -0.3 is 10.6 Å². The lowest BCUT2D eigenvalue weighted by Gasteiger charge is -2.21. The van der Waals surface area contributed by atoms with Gasteiger partial charge in [0.15, 0.2) is 0 Å². The summed E-state index contributed by atoms with van der Waals surface area (Å²) in [7, 11) is -3.45. The Balaban J connectivity index is 2.37. The van der Waals surface area contributed by atoms with E-state index in [0.717, 1.165) is 12.2 Å². The van der Waals surface area contributed by atoms with Crippen LogP contribution in [0.1, 0.15) is 13.8 Å². The van der Waals surface area contributed by atoms with Crippen LogP contribution in [0.5, 0.6) is 0 Å². The average molecular weight is 283 g/mol. The molecular formula is C13H21N3O2S. The summed E-state index contributed by atoms with van der Waals surface area (Å²) in [5, 5.41) is 0. The number of para-hydroxylation sites is 1. The number of nitrogens with one attached hydrogen (secondary N) is 1. The first-order valence-electron chi connectivity index (χ1n) is 6.55. The van der Waals surface area contributed by atoms with Crippen molar-refractivity contribution in [3.8, 4) is 0 Å². The molecule has 2 rings (SSSR count). The third-order valence-corrected chi connectivity index (χ3v) is 5.09. The molecule has 0 saturated carbocycles. The van der Waals surface area contributed by atoms with Gasteiger partial charge in [0.05, 0.1) is 5.69 Å². The maximum Gasteiger partial charge on any atom is 0.242 e. The normalized spacial score (nSPS) is 23.8. The molecule has 106 valence electrons. The smallest absolute Gasteiger partial charge is 0.242 e. The number of nitrogens with two attached hydrogens (primary N) is 1. The zero-order valence-corrected chi connectivity index (χ0v) is 12.2. The molecule has 19 heavy (non-hydrogen) atoms. The first kappa shape index (κ1) is 14.3. The van der Waals surface area contributed by atoms with Crippen LogP contribution in [0.4, 0.5) is 5.69 Å². The van der Waals surface area contributed by atoms with Crippen molar-refractivity contribution in [1.82, 2.24) is 4.72 Å². The Morgan fingerprint density at radius 3 is 2.63 bits per heavy atom. The van der Waals surface area contributed by atoms with Crippen molar-refractivity contribution >= 4 is 15.7 Å². The lowest BCUT2D eigenvalue weighted by Crippen LogP contribution is -2.30. The number of hydrogen-bond donors (Lipinski definition) is 2. The van der Waals surface area contributed by atoms with E-state index in [0.29, 0.717) is 23.9 Å². The first-order chi connectivity index (χ1) is 8.95. The molecule has 1 aliphatic rings. The molecule has 2 atom stereocenters. The molecule has 5 nitrogen and oxygen atoms in total. The van der Waals surface area contributed by atoms with Gasteiger partial charge in [-0.2, -0.15) is 0 Å². The summed E-state index contributed by atoms with van der Waals surface area (Å²) in [6.07, 6.45) is 0.